The lowest BCUT2D eigenvalue weighted by molar-refractivity contribution is -0.120. The quantitative estimate of drug-likeness (QED) is 0.759. The monoisotopic (exact) mass is 307 g/mol. The Bertz CT molecular complexity index is 518. The number of carbonyl (C=O) groups is 2. The fraction of sp³-hybridized carbons (Fsp3) is 0.667. The molecule has 122 valence electrons. The van der Waals surface area contributed by atoms with Gasteiger partial charge in [-0.25, -0.2) is 0 Å². The number of hydrogen-bond acceptors (Lipinski definition) is 4. The summed E-state index contributed by atoms with van der Waals surface area (Å²) in [6.07, 6.45) is 9.77. The Labute approximate surface area is 130 Å². The van der Waals surface area contributed by atoms with E-state index in [1.807, 2.05) is 0 Å². The summed E-state index contributed by atoms with van der Waals surface area (Å²) in [6, 6.07) is 0.258. The lowest BCUT2D eigenvalue weighted by atomic mass is 9.97. The van der Waals surface area contributed by atoms with E-state index < -0.39 is 5.91 Å². The highest BCUT2D eigenvalue weighted by Crippen LogP contribution is 2.17. The molecule has 22 heavy (non-hydrogen) atoms. The molecule has 0 bridgehead atoms. The summed E-state index contributed by atoms with van der Waals surface area (Å²) in [5, 5.41) is 10.1. The van der Waals surface area contributed by atoms with Gasteiger partial charge in [-0.05, 0) is 12.8 Å². The number of nitrogens with one attached hydrogen (secondary N) is 2. The lowest BCUT2D eigenvalue weighted by Gasteiger charge is -2.21. The molecular formula is C15H25N5O2. The third-order valence-corrected chi connectivity index (χ3v) is 3.98. The van der Waals surface area contributed by atoms with Gasteiger partial charge in [0.15, 0.2) is 5.82 Å². The fourth-order valence-electron chi connectivity index (χ4n) is 2.84. The predicted octanol–water partition coefficient (Wildman–Crippen LogP) is 1.16. The van der Waals surface area contributed by atoms with Crippen LogP contribution >= 0.6 is 0 Å². The van der Waals surface area contributed by atoms with Crippen LogP contribution in [0.1, 0.15) is 55.3 Å². The normalized spacial score (nSPS) is 16.6. The first-order chi connectivity index (χ1) is 10.6. The maximum absolute atomic E-state index is 12.0. The Morgan fingerprint density at radius 1 is 1.27 bits per heavy atom. The van der Waals surface area contributed by atoms with Gasteiger partial charge in [0.2, 0.25) is 5.91 Å². The third-order valence-electron chi connectivity index (χ3n) is 3.98. The number of nitrogens with two attached hydrogens (primary N) is 1. The van der Waals surface area contributed by atoms with Gasteiger partial charge in [0.05, 0.1) is 6.54 Å². The van der Waals surface area contributed by atoms with E-state index in [9.17, 15) is 9.59 Å². The summed E-state index contributed by atoms with van der Waals surface area (Å²) < 4.78 is 1.50. The molecule has 7 heteroatoms. The van der Waals surface area contributed by atoms with E-state index in [1.54, 1.807) is 7.05 Å². The SMILES string of the molecule is Cn1cc(C(N)=O)c(NCC(=O)NC2CCCCCCC2)n1. The van der Waals surface area contributed by atoms with Crippen molar-refractivity contribution in [3.05, 3.63) is 11.8 Å². The van der Waals surface area contributed by atoms with Crippen LogP contribution in [0.4, 0.5) is 5.82 Å². The summed E-state index contributed by atoms with van der Waals surface area (Å²) in [6.45, 7) is 0.0911. The molecule has 1 aliphatic carbocycles. The van der Waals surface area contributed by atoms with Gasteiger partial charge < -0.3 is 16.4 Å². The van der Waals surface area contributed by atoms with E-state index in [0.717, 1.165) is 12.8 Å². The van der Waals surface area contributed by atoms with Gasteiger partial charge in [0, 0.05) is 19.3 Å². The predicted molar refractivity (Wildman–Crippen MR) is 84.5 cm³/mol. The first-order valence-electron chi connectivity index (χ1n) is 7.93. The number of rotatable bonds is 5. The van der Waals surface area contributed by atoms with Crippen molar-refractivity contribution in [1.29, 1.82) is 0 Å². The molecule has 0 spiro atoms. The molecule has 7 nitrogen and oxygen atoms in total. The molecule has 0 saturated heterocycles. The molecular weight excluding hydrogens is 282 g/mol. The average Bonchev–Trinajstić information content (AvgIpc) is 2.81. The molecule has 2 amide bonds. The molecule has 1 heterocycles. The molecule has 1 saturated carbocycles. The highest BCUT2D eigenvalue weighted by molar-refractivity contribution is 5.97. The molecule has 0 aliphatic heterocycles. The molecule has 1 aliphatic rings. The second-order valence-corrected chi connectivity index (χ2v) is 5.89. The van der Waals surface area contributed by atoms with Crippen molar-refractivity contribution in [2.24, 2.45) is 12.8 Å². The Morgan fingerprint density at radius 3 is 2.55 bits per heavy atom. The maximum atomic E-state index is 12.0. The minimum Gasteiger partial charge on any atom is -0.365 e. The van der Waals surface area contributed by atoms with Crippen LogP contribution < -0.4 is 16.4 Å². The van der Waals surface area contributed by atoms with Crippen LogP contribution in [0.2, 0.25) is 0 Å². The van der Waals surface area contributed by atoms with Crippen molar-refractivity contribution >= 4 is 17.6 Å². The number of amides is 2. The lowest BCUT2D eigenvalue weighted by Crippen LogP contribution is -2.38. The van der Waals surface area contributed by atoms with Crippen molar-refractivity contribution < 1.29 is 9.59 Å². The number of anilines is 1. The topological polar surface area (TPSA) is 102 Å². The van der Waals surface area contributed by atoms with Crippen LogP contribution in [-0.4, -0.2) is 34.2 Å². The minimum atomic E-state index is -0.559. The smallest absolute Gasteiger partial charge is 0.254 e. The summed E-state index contributed by atoms with van der Waals surface area (Å²) in [7, 11) is 1.70. The Kier molecular flexibility index (Phi) is 5.80. The number of primary amides is 1. The largest absolute Gasteiger partial charge is 0.365 e. The molecule has 1 fully saturated rings. The van der Waals surface area contributed by atoms with Crippen LogP contribution in [-0.2, 0) is 11.8 Å². The van der Waals surface area contributed by atoms with Crippen LogP contribution in [0.25, 0.3) is 0 Å². The van der Waals surface area contributed by atoms with Gasteiger partial charge in [-0.3, -0.25) is 14.3 Å². The highest BCUT2D eigenvalue weighted by atomic mass is 16.2. The van der Waals surface area contributed by atoms with Crippen LogP contribution in [0, 0.1) is 0 Å². The zero-order chi connectivity index (χ0) is 15.9. The fourth-order valence-corrected chi connectivity index (χ4v) is 2.84. The van der Waals surface area contributed by atoms with Crippen molar-refractivity contribution in [2.75, 3.05) is 11.9 Å². The molecule has 2 rings (SSSR count). The molecule has 1 aromatic heterocycles. The number of nitrogens with zero attached hydrogens (tertiary/aromatic N) is 2. The molecule has 4 N–H and O–H groups in total. The van der Waals surface area contributed by atoms with E-state index >= 15 is 0 Å². The number of hydrogen-bond donors (Lipinski definition) is 3. The van der Waals surface area contributed by atoms with Gasteiger partial charge in [-0.2, -0.15) is 5.10 Å². The maximum Gasteiger partial charge on any atom is 0.254 e. The standard InChI is InChI=1S/C15H25N5O2/c1-20-10-12(14(16)22)15(19-20)17-9-13(21)18-11-7-5-3-2-4-6-8-11/h10-11H,2-9H2,1H3,(H2,16,22)(H,17,19)(H,18,21). The molecule has 0 atom stereocenters. The van der Waals surface area contributed by atoms with Gasteiger partial charge in [-0.1, -0.05) is 32.1 Å². The average molecular weight is 307 g/mol. The highest BCUT2D eigenvalue weighted by Gasteiger charge is 2.16. The van der Waals surface area contributed by atoms with Gasteiger partial charge in [0.1, 0.15) is 5.56 Å². The zero-order valence-corrected chi connectivity index (χ0v) is 13.1. The minimum absolute atomic E-state index is 0.0772. The summed E-state index contributed by atoms with van der Waals surface area (Å²) in [5.74, 6) is -0.287. The summed E-state index contributed by atoms with van der Waals surface area (Å²) in [4.78, 5) is 23.3. The molecule has 0 radical (unpaired) electrons. The van der Waals surface area contributed by atoms with Crippen LogP contribution in [0.3, 0.4) is 0 Å². The third kappa shape index (κ3) is 4.75. The zero-order valence-electron chi connectivity index (χ0n) is 13.1. The second kappa shape index (κ2) is 7.82. The van der Waals surface area contributed by atoms with E-state index in [2.05, 4.69) is 15.7 Å². The second-order valence-electron chi connectivity index (χ2n) is 5.89. The Hall–Kier alpha value is -2.05. The number of aryl methyl sites for hydroxylation is 1. The van der Waals surface area contributed by atoms with E-state index in [0.29, 0.717) is 11.4 Å². The van der Waals surface area contributed by atoms with Crippen molar-refractivity contribution in [2.45, 2.75) is 51.0 Å². The molecule has 0 aromatic carbocycles. The van der Waals surface area contributed by atoms with E-state index in [-0.39, 0.29) is 18.5 Å². The van der Waals surface area contributed by atoms with Crippen molar-refractivity contribution in [3.63, 3.8) is 0 Å². The van der Waals surface area contributed by atoms with E-state index in [1.165, 1.54) is 43.0 Å². The van der Waals surface area contributed by atoms with Gasteiger partial charge in [0.25, 0.3) is 5.91 Å². The van der Waals surface area contributed by atoms with Crippen LogP contribution in [0.15, 0.2) is 6.20 Å². The summed E-state index contributed by atoms with van der Waals surface area (Å²) in [5.41, 5.74) is 5.58. The molecule has 1 aromatic rings. The van der Waals surface area contributed by atoms with E-state index in [4.69, 9.17) is 5.73 Å². The number of aromatic nitrogens is 2. The Morgan fingerprint density at radius 2 is 1.91 bits per heavy atom. The molecule has 0 unspecified atom stereocenters. The van der Waals surface area contributed by atoms with Gasteiger partial charge >= 0.3 is 0 Å². The van der Waals surface area contributed by atoms with Crippen LogP contribution in [0.5, 0.6) is 0 Å². The first kappa shape index (κ1) is 16.3. The van der Waals surface area contributed by atoms with Crippen molar-refractivity contribution in [3.8, 4) is 0 Å². The summed E-state index contributed by atoms with van der Waals surface area (Å²) >= 11 is 0. The van der Waals surface area contributed by atoms with Gasteiger partial charge in [-0.15, -0.1) is 0 Å². The Balaban J connectivity index is 1.83. The van der Waals surface area contributed by atoms with Crippen molar-refractivity contribution in [1.82, 2.24) is 15.1 Å². The number of carbonyl (C=O) groups excluding carboxylic acids is 2. The first-order valence-corrected chi connectivity index (χ1v) is 7.93.